The molecule has 0 unspecified atom stereocenters. The highest BCUT2D eigenvalue weighted by Gasteiger charge is 2.07. The number of nitrogens with one attached hydrogen (secondary N) is 2. The van der Waals surface area contributed by atoms with Crippen molar-refractivity contribution < 1.29 is 0 Å². The lowest BCUT2D eigenvalue weighted by molar-refractivity contribution is 0.985. The number of rotatable bonds is 3. The second-order valence-corrected chi connectivity index (χ2v) is 4.18. The summed E-state index contributed by atoms with van der Waals surface area (Å²) in [5.41, 5.74) is 7.40. The molecule has 0 atom stereocenters. The zero-order chi connectivity index (χ0) is 11.5. The van der Waals surface area contributed by atoms with Crippen molar-refractivity contribution in [1.82, 2.24) is 15.0 Å². The maximum atomic E-state index is 5.74. The van der Waals surface area contributed by atoms with Gasteiger partial charge in [0, 0.05) is 12.4 Å². The molecule has 0 saturated heterocycles. The van der Waals surface area contributed by atoms with Crippen LogP contribution in [0, 0.1) is 6.92 Å². The highest BCUT2D eigenvalue weighted by atomic mass is 79.9. The topological polar surface area (TPSA) is 79.6 Å². The molecule has 0 amide bonds. The first kappa shape index (κ1) is 10.9. The fourth-order valence-corrected chi connectivity index (χ4v) is 1.75. The molecule has 0 aliphatic heterocycles. The second-order valence-electron chi connectivity index (χ2n) is 3.39. The SMILES string of the molecule is Cc1c(N)cnc(NCc2ncc[nH]2)c1Br. The Morgan fingerprint density at radius 1 is 1.50 bits per heavy atom. The lowest BCUT2D eigenvalue weighted by Crippen LogP contribution is -2.05. The van der Waals surface area contributed by atoms with Crippen molar-refractivity contribution in [3.8, 4) is 0 Å². The van der Waals surface area contributed by atoms with E-state index >= 15 is 0 Å². The largest absolute Gasteiger partial charge is 0.397 e. The predicted molar refractivity (Wildman–Crippen MR) is 67.0 cm³/mol. The van der Waals surface area contributed by atoms with Crippen LogP contribution in [0.3, 0.4) is 0 Å². The molecular formula is C10H12BrN5. The summed E-state index contributed by atoms with van der Waals surface area (Å²) in [6.07, 6.45) is 5.14. The van der Waals surface area contributed by atoms with E-state index < -0.39 is 0 Å². The highest BCUT2D eigenvalue weighted by Crippen LogP contribution is 2.27. The number of aromatic amines is 1. The van der Waals surface area contributed by atoms with Crippen LogP contribution in [-0.2, 0) is 6.54 Å². The van der Waals surface area contributed by atoms with Gasteiger partial charge in [-0.3, -0.25) is 0 Å². The first-order chi connectivity index (χ1) is 7.68. The van der Waals surface area contributed by atoms with Gasteiger partial charge >= 0.3 is 0 Å². The highest BCUT2D eigenvalue weighted by molar-refractivity contribution is 9.10. The van der Waals surface area contributed by atoms with E-state index in [-0.39, 0.29) is 0 Å². The minimum Gasteiger partial charge on any atom is -0.397 e. The first-order valence-electron chi connectivity index (χ1n) is 4.81. The van der Waals surface area contributed by atoms with E-state index in [1.807, 2.05) is 6.92 Å². The van der Waals surface area contributed by atoms with Crippen LogP contribution < -0.4 is 11.1 Å². The average Bonchev–Trinajstić information content (AvgIpc) is 2.78. The number of hydrogen-bond acceptors (Lipinski definition) is 4. The predicted octanol–water partition coefficient (Wildman–Crippen LogP) is 2.07. The van der Waals surface area contributed by atoms with Gasteiger partial charge in [-0.25, -0.2) is 9.97 Å². The number of nitrogens with zero attached hydrogens (tertiary/aromatic N) is 2. The van der Waals surface area contributed by atoms with Crippen molar-refractivity contribution in [3.05, 3.63) is 34.5 Å². The van der Waals surface area contributed by atoms with Crippen LogP contribution in [-0.4, -0.2) is 15.0 Å². The zero-order valence-electron chi connectivity index (χ0n) is 8.79. The van der Waals surface area contributed by atoms with Gasteiger partial charge in [0.25, 0.3) is 0 Å². The number of imidazole rings is 1. The fraction of sp³-hybridized carbons (Fsp3) is 0.200. The van der Waals surface area contributed by atoms with Crippen LogP contribution in [0.2, 0.25) is 0 Å². The molecule has 2 rings (SSSR count). The van der Waals surface area contributed by atoms with Crippen LogP contribution in [0.25, 0.3) is 0 Å². The van der Waals surface area contributed by atoms with Gasteiger partial charge in [0.05, 0.1) is 22.9 Å². The number of nitrogens with two attached hydrogens (primary N) is 1. The van der Waals surface area contributed by atoms with Gasteiger partial charge < -0.3 is 16.0 Å². The Hall–Kier alpha value is -1.56. The quantitative estimate of drug-likeness (QED) is 0.805. The zero-order valence-corrected chi connectivity index (χ0v) is 10.4. The summed E-state index contributed by atoms with van der Waals surface area (Å²) in [4.78, 5) is 11.3. The van der Waals surface area contributed by atoms with E-state index in [9.17, 15) is 0 Å². The van der Waals surface area contributed by atoms with E-state index in [0.717, 1.165) is 21.7 Å². The molecule has 0 fully saturated rings. The van der Waals surface area contributed by atoms with Gasteiger partial charge in [-0.05, 0) is 28.4 Å². The molecule has 0 aliphatic rings. The van der Waals surface area contributed by atoms with Crippen LogP contribution in [0.15, 0.2) is 23.1 Å². The third-order valence-corrected chi connectivity index (χ3v) is 3.25. The second kappa shape index (κ2) is 4.52. The molecule has 0 saturated carbocycles. The monoisotopic (exact) mass is 281 g/mol. The molecule has 0 radical (unpaired) electrons. The molecule has 0 aliphatic carbocycles. The summed E-state index contributed by atoms with van der Waals surface area (Å²) >= 11 is 3.46. The molecule has 2 aromatic heterocycles. The fourth-order valence-electron chi connectivity index (χ4n) is 1.28. The average molecular weight is 282 g/mol. The lowest BCUT2D eigenvalue weighted by atomic mass is 10.2. The molecule has 5 nitrogen and oxygen atoms in total. The van der Waals surface area contributed by atoms with Gasteiger partial charge in [0.2, 0.25) is 0 Å². The smallest absolute Gasteiger partial charge is 0.141 e. The Bertz CT molecular complexity index is 480. The maximum absolute atomic E-state index is 5.74. The summed E-state index contributed by atoms with van der Waals surface area (Å²) in [5, 5.41) is 3.18. The minimum absolute atomic E-state index is 0.599. The molecule has 2 aromatic rings. The number of nitrogen functional groups attached to an aromatic ring is 1. The molecule has 84 valence electrons. The standard InChI is InChI=1S/C10H12BrN5/c1-6-7(12)4-15-10(9(6)11)16-5-8-13-2-3-14-8/h2-4H,5,12H2,1H3,(H,13,14)(H,15,16). The normalized spacial score (nSPS) is 10.4. The number of aromatic nitrogens is 3. The maximum Gasteiger partial charge on any atom is 0.141 e. The molecule has 4 N–H and O–H groups in total. The van der Waals surface area contributed by atoms with Crippen molar-refractivity contribution in [3.63, 3.8) is 0 Å². The van der Waals surface area contributed by atoms with Crippen LogP contribution in [0.1, 0.15) is 11.4 Å². The Balaban J connectivity index is 2.13. The molecule has 0 bridgehead atoms. The molecule has 16 heavy (non-hydrogen) atoms. The van der Waals surface area contributed by atoms with Crippen LogP contribution in [0.5, 0.6) is 0 Å². The molecular weight excluding hydrogens is 270 g/mol. The Morgan fingerprint density at radius 2 is 2.31 bits per heavy atom. The van der Waals surface area contributed by atoms with Crippen molar-refractivity contribution in [2.75, 3.05) is 11.1 Å². The number of halogens is 1. The van der Waals surface area contributed by atoms with E-state index in [2.05, 4.69) is 36.2 Å². The molecule has 6 heteroatoms. The Kier molecular flexibility index (Phi) is 3.09. The third-order valence-electron chi connectivity index (χ3n) is 2.28. The number of hydrogen-bond donors (Lipinski definition) is 3. The summed E-state index contributed by atoms with van der Waals surface area (Å²) in [7, 11) is 0. The van der Waals surface area contributed by atoms with Crippen molar-refractivity contribution in [2.45, 2.75) is 13.5 Å². The number of H-pyrrole nitrogens is 1. The Labute approximate surface area is 102 Å². The van der Waals surface area contributed by atoms with E-state index in [1.54, 1.807) is 18.6 Å². The van der Waals surface area contributed by atoms with Crippen molar-refractivity contribution in [1.29, 1.82) is 0 Å². The van der Waals surface area contributed by atoms with Gasteiger partial charge in [0.1, 0.15) is 11.6 Å². The minimum atomic E-state index is 0.599. The van der Waals surface area contributed by atoms with Gasteiger partial charge in [0.15, 0.2) is 0 Å². The van der Waals surface area contributed by atoms with E-state index in [1.165, 1.54) is 0 Å². The van der Waals surface area contributed by atoms with Gasteiger partial charge in [-0.2, -0.15) is 0 Å². The summed E-state index contributed by atoms with van der Waals surface area (Å²) < 4.78 is 0.888. The summed E-state index contributed by atoms with van der Waals surface area (Å²) in [6, 6.07) is 0. The van der Waals surface area contributed by atoms with Crippen LogP contribution in [0.4, 0.5) is 11.5 Å². The first-order valence-corrected chi connectivity index (χ1v) is 5.60. The molecule has 0 aromatic carbocycles. The van der Waals surface area contributed by atoms with Crippen molar-refractivity contribution >= 4 is 27.4 Å². The third kappa shape index (κ3) is 2.16. The Morgan fingerprint density at radius 3 is 3.00 bits per heavy atom. The van der Waals surface area contributed by atoms with E-state index in [4.69, 9.17) is 5.73 Å². The van der Waals surface area contributed by atoms with Gasteiger partial charge in [-0.15, -0.1) is 0 Å². The number of anilines is 2. The van der Waals surface area contributed by atoms with E-state index in [0.29, 0.717) is 12.2 Å². The van der Waals surface area contributed by atoms with Crippen molar-refractivity contribution in [2.24, 2.45) is 0 Å². The summed E-state index contributed by atoms with van der Waals surface area (Å²) in [6.45, 7) is 2.54. The molecule has 2 heterocycles. The van der Waals surface area contributed by atoms with Gasteiger partial charge in [-0.1, -0.05) is 0 Å². The summed E-state index contributed by atoms with van der Waals surface area (Å²) in [5.74, 6) is 1.63. The number of pyridine rings is 1. The lowest BCUT2D eigenvalue weighted by Gasteiger charge is -2.09. The molecule has 0 spiro atoms. The van der Waals surface area contributed by atoms with Crippen LogP contribution >= 0.6 is 15.9 Å².